The van der Waals surface area contributed by atoms with Crippen molar-refractivity contribution in [2.24, 2.45) is 5.92 Å². The molecular formula is C10H14N4O3. The average Bonchev–Trinajstić information content (AvgIpc) is 2.99. The molecule has 0 spiro atoms. The van der Waals surface area contributed by atoms with Crippen LogP contribution >= 0.6 is 0 Å². The average molecular weight is 238 g/mol. The summed E-state index contributed by atoms with van der Waals surface area (Å²) in [5, 5.41) is 19.0. The van der Waals surface area contributed by atoms with E-state index >= 15 is 0 Å². The lowest BCUT2D eigenvalue weighted by Crippen LogP contribution is -2.54. The molecular weight excluding hydrogens is 224 g/mol. The van der Waals surface area contributed by atoms with Crippen LogP contribution in [0.2, 0.25) is 0 Å². The molecule has 1 saturated carbocycles. The van der Waals surface area contributed by atoms with Crippen molar-refractivity contribution in [2.75, 3.05) is 0 Å². The summed E-state index contributed by atoms with van der Waals surface area (Å²) in [5.41, 5.74) is -1.17. The molecule has 1 aromatic rings. The molecule has 0 bridgehead atoms. The first-order valence-electron chi connectivity index (χ1n) is 5.41. The largest absolute Gasteiger partial charge is 0.480 e. The van der Waals surface area contributed by atoms with Gasteiger partial charge in [0.1, 0.15) is 12.1 Å². The highest BCUT2D eigenvalue weighted by Gasteiger charge is 2.48. The van der Waals surface area contributed by atoms with E-state index in [4.69, 9.17) is 5.11 Å². The van der Waals surface area contributed by atoms with Gasteiger partial charge in [-0.3, -0.25) is 4.79 Å². The Morgan fingerprint density at radius 3 is 2.76 bits per heavy atom. The Balaban J connectivity index is 1.99. The molecule has 1 aliphatic rings. The Bertz CT molecular complexity index is 427. The van der Waals surface area contributed by atoms with Crippen molar-refractivity contribution in [3.05, 3.63) is 12.4 Å². The number of hydrogen-bond acceptors (Lipinski definition) is 4. The Hall–Kier alpha value is -1.92. The molecule has 1 heterocycles. The number of nitrogens with zero attached hydrogens (tertiary/aromatic N) is 3. The molecule has 1 aromatic heterocycles. The van der Waals surface area contributed by atoms with Crippen molar-refractivity contribution in [3.63, 3.8) is 0 Å². The molecule has 1 fully saturated rings. The number of aromatic nitrogens is 3. The van der Waals surface area contributed by atoms with Gasteiger partial charge in [-0.05, 0) is 25.7 Å². The maximum Gasteiger partial charge on any atom is 0.329 e. The maximum atomic E-state index is 11.7. The van der Waals surface area contributed by atoms with E-state index in [1.54, 1.807) is 13.1 Å². The predicted octanol–water partition coefficient (Wildman–Crippen LogP) is -0.352. The van der Waals surface area contributed by atoms with Gasteiger partial charge in [0.15, 0.2) is 0 Å². The summed E-state index contributed by atoms with van der Waals surface area (Å²) in [6.07, 6.45) is 4.69. The topological polar surface area (TPSA) is 97.1 Å². The molecule has 0 saturated heterocycles. The quantitative estimate of drug-likeness (QED) is 0.730. The second kappa shape index (κ2) is 4.15. The monoisotopic (exact) mass is 238 g/mol. The predicted molar refractivity (Wildman–Crippen MR) is 56.9 cm³/mol. The maximum absolute atomic E-state index is 11.7. The lowest BCUT2D eigenvalue weighted by molar-refractivity contribution is -0.148. The van der Waals surface area contributed by atoms with Gasteiger partial charge in [0.2, 0.25) is 5.91 Å². The summed E-state index contributed by atoms with van der Waals surface area (Å²) in [6, 6.07) is 0. The number of hydrogen-bond donors (Lipinski definition) is 2. The Kier molecular flexibility index (Phi) is 2.83. The van der Waals surface area contributed by atoms with Gasteiger partial charge in [0.05, 0.1) is 6.20 Å². The number of rotatable bonds is 5. The summed E-state index contributed by atoms with van der Waals surface area (Å²) in [6.45, 7) is 1.53. The number of amides is 1. The number of carboxylic acid groups (broad SMARTS) is 1. The fraction of sp³-hybridized carbons (Fsp3) is 0.600. The Morgan fingerprint density at radius 1 is 1.59 bits per heavy atom. The van der Waals surface area contributed by atoms with E-state index in [1.807, 2.05) is 0 Å². The van der Waals surface area contributed by atoms with Crippen LogP contribution in [0.5, 0.6) is 0 Å². The minimum Gasteiger partial charge on any atom is -0.480 e. The van der Waals surface area contributed by atoms with Crippen LogP contribution in [0.1, 0.15) is 19.8 Å². The van der Waals surface area contributed by atoms with Gasteiger partial charge in [-0.1, -0.05) is 5.21 Å². The minimum absolute atomic E-state index is 0.0183. The number of carboxylic acids is 1. The van der Waals surface area contributed by atoms with E-state index in [-0.39, 0.29) is 18.4 Å². The van der Waals surface area contributed by atoms with Crippen LogP contribution in [0.15, 0.2) is 12.4 Å². The van der Waals surface area contributed by atoms with Crippen molar-refractivity contribution >= 4 is 11.9 Å². The smallest absolute Gasteiger partial charge is 0.329 e. The molecule has 0 radical (unpaired) electrons. The van der Waals surface area contributed by atoms with Gasteiger partial charge in [-0.15, -0.1) is 5.10 Å². The molecule has 1 unspecified atom stereocenters. The fourth-order valence-electron chi connectivity index (χ4n) is 1.78. The van der Waals surface area contributed by atoms with E-state index in [2.05, 4.69) is 15.6 Å². The molecule has 0 aliphatic heterocycles. The fourth-order valence-corrected chi connectivity index (χ4v) is 1.78. The number of aliphatic carboxylic acids is 1. The second-order valence-electron chi connectivity index (χ2n) is 4.43. The summed E-state index contributed by atoms with van der Waals surface area (Å²) in [5.74, 6) is -1.33. The zero-order valence-corrected chi connectivity index (χ0v) is 9.46. The van der Waals surface area contributed by atoms with Crippen molar-refractivity contribution in [1.82, 2.24) is 20.3 Å². The standard InChI is InChI=1S/C10H14N4O3/c1-10(9(16)17,7-2-3-7)12-8(15)6-14-5-4-11-13-14/h4-5,7H,2-3,6H2,1H3,(H,12,15)(H,16,17). The molecule has 92 valence electrons. The number of carbonyl (C=O) groups is 2. The third kappa shape index (κ3) is 2.43. The molecule has 7 heteroatoms. The number of nitrogens with one attached hydrogen (secondary N) is 1. The van der Waals surface area contributed by atoms with E-state index < -0.39 is 11.5 Å². The molecule has 7 nitrogen and oxygen atoms in total. The van der Waals surface area contributed by atoms with Crippen LogP contribution < -0.4 is 5.32 Å². The van der Waals surface area contributed by atoms with E-state index in [1.165, 1.54) is 10.9 Å². The van der Waals surface area contributed by atoms with E-state index in [0.717, 1.165) is 12.8 Å². The third-order valence-electron chi connectivity index (χ3n) is 3.01. The molecule has 1 amide bonds. The summed E-state index contributed by atoms with van der Waals surface area (Å²) >= 11 is 0. The van der Waals surface area contributed by atoms with Crippen LogP contribution in [-0.2, 0) is 16.1 Å². The third-order valence-corrected chi connectivity index (χ3v) is 3.01. The van der Waals surface area contributed by atoms with Crippen LogP contribution in [0.4, 0.5) is 0 Å². The van der Waals surface area contributed by atoms with Crippen LogP contribution in [0.25, 0.3) is 0 Å². The van der Waals surface area contributed by atoms with E-state index in [0.29, 0.717) is 0 Å². The van der Waals surface area contributed by atoms with Crippen molar-refractivity contribution in [2.45, 2.75) is 31.8 Å². The molecule has 2 N–H and O–H groups in total. The lowest BCUT2D eigenvalue weighted by atomic mass is 9.96. The summed E-state index contributed by atoms with van der Waals surface area (Å²) in [4.78, 5) is 22.9. The molecule has 17 heavy (non-hydrogen) atoms. The SMILES string of the molecule is CC(NC(=O)Cn1ccnn1)(C(=O)O)C1CC1. The summed E-state index contributed by atoms with van der Waals surface area (Å²) < 4.78 is 1.35. The second-order valence-corrected chi connectivity index (χ2v) is 4.43. The molecule has 0 aromatic carbocycles. The number of carbonyl (C=O) groups excluding carboxylic acids is 1. The van der Waals surface area contributed by atoms with Crippen molar-refractivity contribution < 1.29 is 14.7 Å². The molecule has 1 atom stereocenters. The van der Waals surface area contributed by atoms with Gasteiger partial charge in [0.25, 0.3) is 0 Å². The lowest BCUT2D eigenvalue weighted by Gasteiger charge is -2.25. The van der Waals surface area contributed by atoms with Gasteiger partial charge in [0, 0.05) is 6.20 Å². The van der Waals surface area contributed by atoms with Crippen molar-refractivity contribution in [1.29, 1.82) is 0 Å². The first-order chi connectivity index (χ1) is 8.02. The highest BCUT2D eigenvalue weighted by Crippen LogP contribution is 2.39. The van der Waals surface area contributed by atoms with Crippen molar-refractivity contribution in [3.8, 4) is 0 Å². The van der Waals surface area contributed by atoms with Crippen LogP contribution in [-0.4, -0.2) is 37.5 Å². The van der Waals surface area contributed by atoms with Gasteiger partial charge < -0.3 is 10.4 Å². The van der Waals surface area contributed by atoms with Gasteiger partial charge >= 0.3 is 5.97 Å². The highest BCUT2D eigenvalue weighted by atomic mass is 16.4. The first kappa shape index (κ1) is 11.6. The zero-order valence-electron chi connectivity index (χ0n) is 9.46. The normalized spacial score (nSPS) is 18.4. The highest BCUT2D eigenvalue weighted by molar-refractivity contribution is 5.87. The summed E-state index contributed by atoms with van der Waals surface area (Å²) in [7, 11) is 0. The first-order valence-corrected chi connectivity index (χ1v) is 5.41. The zero-order chi connectivity index (χ0) is 12.5. The Morgan fingerprint density at radius 2 is 2.29 bits per heavy atom. The Labute approximate surface area is 97.8 Å². The van der Waals surface area contributed by atoms with Gasteiger partial charge in [-0.2, -0.15) is 0 Å². The van der Waals surface area contributed by atoms with Gasteiger partial charge in [-0.25, -0.2) is 9.48 Å². The van der Waals surface area contributed by atoms with Crippen LogP contribution in [0, 0.1) is 5.92 Å². The van der Waals surface area contributed by atoms with E-state index in [9.17, 15) is 9.59 Å². The minimum atomic E-state index is -1.17. The van der Waals surface area contributed by atoms with Crippen LogP contribution in [0.3, 0.4) is 0 Å². The molecule has 1 aliphatic carbocycles. The molecule has 2 rings (SSSR count).